The molecule has 7 heteroatoms. The van der Waals surface area contributed by atoms with Gasteiger partial charge < -0.3 is 10.6 Å². The average molecular weight is 326 g/mol. The minimum atomic E-state index is -4.50. The summed E-state index contributed by atoms with van der Waals surface area (Å²) in [6, 6.07) is 4.38. The molecule has 2 amide bonds. The molecule has 4 nitrogen and oxygen atoms in total. The third-order valence-corrected chi connectivity index (χ3v) is 3.86. The largest absolute Gasteiger partial charge is 0.416 e. The SMILES string of the molecule is C/C(=C\C(=O)N1CCC[C@@H]1C(N)=O)c1ccccc1C(F)(F)F. The van der Waals surface area contributed by atoms with Crippen molar-refractivity contribution in [3.8, 4) is 0 Å². The summed E-state index contributed by atoms with van der Waals surface area (Å²) in [5.74, 6) is -1.10. The fraction of sp³-hybridized carbons (Fsp3) is 0.375. The van der Waals surface area contributed by atoms with Crippen LogP contribution in [0.1, 0.15) is 30.9 Å². The lowest BCUT2D eigenvalue weighted by Gasteiger charge is -2.21. The number of rotatable bonds is 3. The smallest absolute Gasteiger partial charge is 0.368 e. The number of carbonyl (C=O) groups is 2. The first-order valence-corrected chi connectivity index (χ1v) is 7.16. The number of hydrogen-bond donors (Lipinski definition) is 1. The van der Waals surface area contributed by atoms with E-state index in [0.29, 0.717) is 19.4 Å². The molecular formula is C16H17F3N2O2. The van der Waals surface area contributed by atoms with E-state index in [9.17, 15) is 22.8 Å². The summed E-state index contributed by atoms with van der Waals surface area (Å²) in [6.45, 7) is 1.81. The molecule has 23 heavy (non-hydrogen) atoms. The highest BCUT2D eigenvalue weighted by Crippen LogP contribution is 2.34. The first kappa shape index (κ1) is 17.1. The van der Waals surface area contributed by atoms with Crippen LogP contribution in [0.3, 0.4) is 0 Å². The zero-order valence-corrected chi connectivity index (χ0v) is 12.6. The average Bonchev–Trinajstić information content (AvgIpc) is 2.96. The molecule has 0 aromatic heterocycles. The maximum Gasteiger partial charge on any atom is 0.416 e. The Bertz CT molecular complexity index is 653. The summed E-state index contributed by atoms with van der Waals surface area (Å²) in [5, 5.41) is 0. The zero-order valence-electron chi connectivity index (χ0n) is 12.6. The predicted octanol–water partition coefficient (Wildman–Crippen LogP) is 2.59. The Morgan fingerprint density at radius 2 is 1.96 bits per heavy atom. The van der Waals surface area contributed by atoms with Gasteiger partial charge in [-0.1, -0.05) is 18.2 Å². The first-order chi connectivity index (χ1) is 10.7. The van der Waals surface area contributed by atoms with Crippen LogP contribution in [-0.4, -0.2) is 29.3 Å². The molecular weight excluding hydrogens is 309 g/mol. The minimum absolute atomic E-state index is 0.0526. The van der Waals surface area contributed by atoms with Crippen LogP contribution < -0.4 is 5.73 Å². The van der Waals surface area contributed by atoms with Gasteiger partial charge in [0.05, 0.1) is 5.56 Å². The molecule has 124 valence electrons. The molecule has 0 unspecified atom stereocenters. The molecule has 1 aromatic carbocycles. The second kappa shape index (κ2) is 6.44. The quantitative estimate of drug-likeness (QED) is 0.868. The van der Waals surface area contributed by atoms with Crippen molar-refractivity contribution < 1.29 is 22.8 Å². The zero-order chi connectivity index (χ0) is 17.2. The Hall–Kier alpha value is -2.31. The van der Waals surface area contributed by atoms with E-state index in [0.717, 1.165) is 12.1 Å². The standard InChI is InChI=1S/C16H17F3N2O2/c1-10(11-5-2-3-6-12(11)16(17,18)19)9-14(22)21-8-4-7-13(21)15(20)23/h2-3,5-6,9,13H,4,7-8H2,1H3,(H2,20,23)/b10-9+/t13-/m1/s1. The Morgan fingerprint density at radius 1 is 1.30 bits per heavy atom. The van der Waals surface area contributed by atoms with Gasteiger partial charge in [-0.25, -0.2) is 0 Å². The summed E-state index contributed by atoms with van der Waals surface area (Å²) in [7, 11) is 0. The van der Waals surface area contributed by atoms with Gasteiger partial charge in [0.2, 0.25) is 11.8 Å². The number of amides is 2. The van der Waals surface area contributed by atoms with E-state index in [-0.39, 0.29) is 11.1 Å². The summed E-state index contributed by atoms with van der Waals surface area (Å²) in [4.78, 5) is 24.9. The van der Waals surface area contributed by atoms with Gasteiger partial charge in [0, 0.05) is 12.6 Å². The Morgan fingerprint density at radius 3 is 2.57 bits per heavy atom. The van der Waals surface area contributed by atoms with Gasteiger partial charge in [-0.05, 0) is 37.0 Å². The molecule has 0 radical (unpaired) electrons. The van der Waals surface area contributed by atoms with Gasteiger partial charge in [-0.3, -0.25) is 9.59 Å². The molecule has 1 aromatic rings. The predicted molar refractivity (Wildman–Crippen MR) is 79.0 cm³/mol. The number of nitrogens with zero attached hydrogens (tertiary/aromatic N) is 1. The van der Waals surface area contributed by atoms with Gasteiger partial charge in [-0.2, -0.15) is 13.2 Å². The van der Waals surface area contributed by atoms with Gasteiger partial charge in [-0.15, -0.1) is 0 Å². The number of alkyl halides is 3. The summed E-state index contributed by atoms with van der Waals surface area (Å²) < 4.78 is 39.1. The minimum Gasteiger partial charge on any atom is -0.368 e. The number of allylic oxidation sites excluding steroid dienone is 1. The lowest BCUT2D eigenvalue weighted by atomic mass is 10.00. The molecule has 1 atom stereocenters. The number of carbonyl (C=O) groups excluding carboxylic acids is 2. The van der Waals surface area contributed by atoms with Crippen molar-refractivity contribution in [3.05, 3.63) is 41.5 Å². The van der Waals surface area contributed by atoms with Crippen LogP contribution in [0.25, 0.3) is 5.57 Å². The molecule has 1 aliphatic heterocycles. The molecule has 0 bridgehead atoms. The van der Waals surface area contributed by atoms with Crippen molar-refractivity contribution in [3.63, 3.8) is 0 Å². The second-order valence-corrected chi connectivity index (χ2v) is 5.46. The highest BCUT2D eigenvalue weighted by molar-refractivity contribution is 5.98. The van der Waals surface area contributed by atoms with E-state index < -0.39 is 29.6 Å². The third-order valence-electron chi connectivity index (χ3n) is 3.86. The Kier molecular flexibility index (Phi) is 4.77. The van der Waals surface area contributed by atoms with Crippen LogP contribution in [-0.2, 0) is 15.8 Å². The van der Waals surface area contributed by atoms with Crippen LogP contribution in [0, 0.1) is 0 Å². The maximum atomic E-state index is 13.0. The Balaban J connectivity index is 2.30. The number of benzene rings is 1. The summed E-state index contributed by atoms with van der Waals surface area (Å²) >= 11 is 0. The third kappa shape index (κ3) is 3.72. The van der Waals surface area contributed by atoms with Crippen molar-refractivity contribution in [1.29, 1.82) is 0 Å². The van der Waals surface area contributed by atoms with E-state index in [2.05, 4.69) is 0 Å². The Labute approximate surface area is 131 Å². The number of likely N-dealkylation sites (tertiary alicyclic amines) is 1. The van der Waals surface area contributed by atoms with Crippen molar-refractivity contribution in [2.45, 2.75) is 32.0 Å². The molecule has 1 saturated heterocycles. The summed E-state index contributed by atoms with van der Waals surface area (Å²) in [5.41, 5.74) is 4.59. The topological polar surface area (TPSA) is 63.4 Å². The molecule has 0 spiro atoms. The molecule has 1 fully saturated rings. The maximum absolute atomic E-state index is 13.0. The van der Waals surface area contributed by atoms with Crippen LogP contribution >= 0.6 is 0 Å². The van der Waals surface area contributed by atoms with Crippen LogP contribution in [0.2, 0.25) is 0 Å². The lowest BCUT2D eigenvalue weighted by molar-refractivity contribution is -0.137. The molecule has 0 saturated carbocycles. The number of hydrogen-bond acceptors (Lipinski definition) is 2. The molecule has 0 aliphatic carbocycles. The normalized spacial score (nSPS) is 19.0. The molecule has 1 aliphatic rings. The number of nitrogens with two attached hydrogens (primary N) is 1. The van der Waals surface area contributed by atoms with Gasteiger partial charge in [0.1, 0.15) is 6.04 Å². The molecule has 2 rings (SSSR count). The molecule has 1 heterocycles. The lowest BCUT2D eigenvalue weighted by Crippen LogP contribution is -2.43. The summed E-state index contributed by atoms with van der Waals surface area (Å²) in [6.07, 6.45) is -2.25. The van der Waals surface area contributed by atoms with Crippen LogP contribution in [0.4, 0.5) is 13.2 Å². The van der Waals surface area contributed by atoms with Gasteiger partial charge in [0.25, 0.3) is 0 Å². The van der Waals surface area contributed by atoms with Crippen molar-refractivity contribution >= 4 is 17.4 Å². The van der Waals surface area contributed by atoms with Crippen molar-refractivity contribution in [1.82, 2.24) is 4.90 Å². The van der Waals surface area contributed by atoms with Crippen molar-refractivity contribution in [2.24, 2.45) is 5.73 Å². The van der Waals surface area contributed by atoms with E-state index >= 15 is 0 Å². The monoisotopic (exact) mass is 326 g/mol. The van der Waals surface area contributed by atoms with E-state index in [1.54, 1.807) is 0 Å². The van der Waals surface area contributed by atoms with E-state index in [4.69, 9.17) is 5.73 Å². The fourth-order valence-electron chi connectivity index (χ4n) is 2.75. The van der Waals surface area contributed by atoms with Crippen molar-refractivity contribution in [2.75, 3.05) is 6.54 Å². The highest BCUT2D eigenvalue weighted by Gasteiger charge is 2.34. The van der Waals surface area contributed by atoms with Crippen LogP contribution in [0.5, 0.6) is 0 Å². The van der Waals surface area contributed by atoms with Crippen LogP contribution in [0.15, 0.2) is 30.3 Å². The van der Waals surface area contributed by atoms with Gasteiger partial charge in [0.15, 0.2) is 0 Å². The van der Waals surface area contributed by atoms with E-state index in [1.165, 1.54) is 30.0 Å². The highest BCUT2D eigenvalue weighted by atomic mass is 19.4. The number of halogens is 3. The second-order valence-electron chi connectivity index (χ2n) is 5.46. The molecule has 2 N–H and O–H groups in total. The van der Waals surface area contributed by atoms with E-state index in [1.807, 2.05) is 0 Å². The fourth-order valence-corrected chi connectivity index (χ4v) is 2.75. The first-order valence-electron chi connectivity index (χ1n) is 7.16. The van der Waals surface area contributed by atoms with Gasteiger partial charge >= 0.3 is 6.18 Å². The number of primary amides is 1.